The summed E-state index contributed by atoms with van der Waals surface area (Å²) < 4.78 is 0. The van der Waals surface area contributed by atoms with Gasteiger partial charge in [0.15, 0.2) is 8.07 Å². The van der Waals surface area contributed by atoms with E-state index in [-0.39, 0.29) is 0 Å². The molecule has 0 aliphatic carbocycles. The third-order valence-corrected chi connectivity index (χ3v) is 5.38. The van der Waals surface area contributed by atoms with E-state index in [0.29, 0.717) is 0 Å². The van der Waals surface area contributed by atoms with Crippen molar-refractivity contribution >= 4 is 13.3 Å². The average molecular weight is 230 g/mol. The summed E-state index contributed by atoms with van der Waals surface area (Å²) >= 11 is 0. The lowest BCUT2D eigenvalue weighted by Gasteiger charge is -2.14. The number of hydrogen-bond donors (Lipinski definition) is 0. The molecule has 0 saturated heterocycles. The van der Waals surface area contributed by atoms with Crippen LogP contribution in [0.1, 0.15) is 32.6 Å². The summed E-state index contributed by atoms with van der Waals surface area (Å²) in [4.78, 5) is 0. The van der Waals surface area contributed by atoms with Crippen molar-refractivity contribution in [3.8, 4) is 11.5 Å². The van der Waals surface area contributed by atoms with Gasteiger partial charge in [-0.25, -0.2) is 0 Å². The zero-order valence-corrected chi connectivity index (χ0v) is 11.7. The molecule has 0 radical (unpaired) electrons. The number of hydrogen-bond acceptors (Lipinski definition) is 0. The van der Waals surface area contributed by atoms with Gasteiger partial charge in [0.2, 0.25) is 0 Å². The van der Waals surface area contributed by atoms with Crippen LogP contribution in [-0.4, -0.2) is 8.07 Å². The summed E-state index contributed by atoms with van der Waals surface area (Å²) in [6.45, 7) is 6.89. The molecule has 1 aromatic rings. The molecule has 0 bridgehead atoms. The van der Waals surface area contributed by atoms with Gasteiger partial charge in [0.05, 0.1) is 0 Å². The molecule has 0 nitrogen and oxygen atoms in total. The fraction of sp³-hybridized carbons (Fsp3) is 0.467. The average Bonchev–Trinajstić information content (AvgIpc) is 2.30. The highest BCUT2D eigenvalue weighted by atomic mass is 28.3. The smallest absolute Gasteiger partial charge is 0.126 e. The second-order valence-electron chi connectivity index (χ2n) is 4.75. The maximum atomic E-state index is 3.52. The SMILES string of the molecule is CCCCCC#C[Si](C)(C)c1ccccc1. The van der Waals surface area contributed by atoms with Crippen LogP contribution in [0.2, 0.25) is 13.1 Å². The molecule has 0 aliphatic heterocycles. The second-order valence-corrected chi connectivity index (χ2v) is 8.83. The van der Waals surface area contributed by atoms with Crippen LogP contribution in [0.5, 0.6) is 0 Å². The first-order valence-corrected chi connectivity index (χ1v) is 9.22. The summed E-state index contributed by atoms with van der Waals surface area (Å²) in [5, 5.41) is 1.44. The minimum absolute atomic E-state index is 1.07. The van der Waals surface area contributed by atoms with Crippen LogP contribution < -0.4 is 5.19 Å². The molecule has 1 rings (SSSR count). The third kappa shape index (κ3) is 4.24. The molecule has 0 atom stereocenters. The summed E-state index contributed by atoms with van der Waals surface area (Å²) in [6, 6.07) is 10.7. The Bertz CT molecular complexity index is 354. The molecule has 0 spiro atoms. The predicted octanol–water partition coefficient (Wildman–Crippen LogP) is 3.72. The molecule has 0 unspecified atom stereocenters. The van der Waals surface area contributed by atoms with Gasteiger partial charge in [-0.2, -0.15) is 0 Å². The summed E-state index contributed by atoms with van der Waals surface area (Å²) in [7, 11) is -1.50. The first-order valence-electron chi connectivity index (χ1n) is 6.22. The minimum Gasteiger partial charge on any atom is -0.126 e. The topological polar surface area (TPSA) is 0 Å². The highest BCUT2D eigenvalue weighted by Crippen LogP contribution is 2.02. The quantitative estimate of drug-likeness (QED) is 0.420. The molecule has 0 aromatic heterocycles. The number of benzene rings is 1. The van der Waals surface area contributed by atoms with Crippen molar-refractivity contribution in [2.45, 2.75) is 45.7 Å². The van der Waals surface area contributed by atoms with Gasteiger partial charge in [0, 0.05) is 6.42 Å². The molecule has 0 aliphatic rings. The van der Waals surface area contributed by atoms with Crippen LogP contribution in [0.25, 0.3) is 0 Å². The first kappa shape index (κ1) is 13.1. The molecule has 0 amide bonds. The Morgan fingerprint density at radius 2 is 1.75 bits per heavy atom. The normalized spacial score (nSPS) is 10.7. The molecule has 0 N–H and O–H groups in total. The maximum absolute atomic E-state index is 3.52. The van der Waals surface area contributed by atoms with E-state index in [0.717, 1.165) is 6.42 Å². The highest BCUT2D eigenvalue weighted by Gasteiger charge is 2.19. The third-order valence-electron chi connectivity index (χ3n) is 2.80. The molecule has 0 fully saturated rings. The van der Waals surface area contributed by atoms with Crippen LogP contribution in [-0.2, 0) is 0 Å². The van der Waals surface area contributed by atoms with Gasteiger partial charge in [0.1, 0.15) is 0 Å². The Morgan fingerprint density at radius 1 is 1.06 bits per heavy atom. The van der Waals surface area contributed by atoms with Gasteiger partial charge < -0.3 is 0 Å². The highest BCUT2D eigenvalue weighted by molar-refractivity contribution is 6.96. The maximum Gasteiger partial charge on any atom is 0.162 e. The molecule has 1 aromatic carbocycles. The van der Waals surface area contributed by atoms with Gasteiger partial charge in [0.25, 0.3) is 0 Å². The van der Waals surface area contributed by atoms with Crippen LogP contribution in [0, 0.1) is 11.5 Å². The monoisotopic (exact) mass is 230 g/mol. The van der Waals surface area contributed by atoms with Crippen molar-refractivity contribution in [3.05, 3.63) is 30.3 Å². The van der Waals surface area contributed by atoms with Gasteiger partial charge in [-0.15, -0.1) is 11.5 Å². The van der Waals surface area contributed by atoms with E-state index in [1.807, 2.05) is 0 Å². The largest absolute Gasteiger partial charge is 0.162 e. The van der Waals surface area contributed by atoms with Crippen LogP contribution in [0.3, 0.4) is 0 Å². The Kier molecular flexibility index (Phi) is 5.35. The zero-order valence-electron chi connectivity index (χ0n) is 10.7. The van der Waals surface area contributed by atoms with Gasteiger partial charge in [-0.05, 0) is 11.6 Å². The summed E-state index contributed by atoms with van der Waals surface area (Å²) in [6.07, 6.45) is 4.91. The molecule has 86 valence electrons. The van der Waals surface area contributed by atoms with E-state index in [4.69, 9.17) is 0 Å². The number of unbranched alkanes of at least 4 members (excludes halogenated alkanes) is 3. The Morgan fingerprint density at radius 3 is 2.38 bits per heavy atom. The molecule has 1 heteroatoms. The lowest BCUT2D eigenvalue weighted by Crippen LogP contribution is -2.39. The minimum atomic E-state index is -1.50. The molecular formula is C15H22Si. The lowest BCUT2D eigenvalue weighted by molar-refractivity contribution is 0.737. The van der Waals surface area contributed by atoms with Crippen molar-refractivity contribution in [1.82, 2.24) is 0 Å². The molecule has 16 heavy (non-hydrogen) atoms. The van der Waals surface area contributed by atoms with E-state index in [1.54, 1.807) is 0 Å². The Labute approximate surface area is 101 Å². The van der Waals surface area contributed by atoms with Gasteiger partial charge in [-0.3, -0.25) is 0 Å². The summed E-state index contributed by atoms with van der Waals surface area (Å²) in [5.74, 6) is 3.37. The standard InChI is InChI=1S/C15H22Si/c1-4-5-6-7-11-14-16(2,3)15-12-9-8-10-13-15/h8-10,12-13H,4-7H2,1-3H3. The van der Waals surface area contributed by atoms with Gasteiger partial charge >= 0.3 is 0 Å². The van der Waals surface area contributed by atoms with Crippen LogP contribution >= 0.6 is 0 Å². The fourth-order valence-corrected chi connectivity index (χ4v) is 3.41. The number of rotatable bonds is 4. The van der Waals surface area contributed by atoms with Crippen molar-refractivity contribution < 1.29 is 0 Å². The van der Waals surface area contributed by atoms with Gasteiger partial charge in [-0.1, -0.05) is 63.2 Å². The van der Waals surface area contributed by atoms with E-state index in [9.17, 15) is 0 Å². The molecule has 0 saturated carbocycles. The van der Waals surface area contributed by atoms with Crippen molar-refractivity contribution in [2.75, 3.05) is 0 Å². The lowest BCUT2D eigenvalue weighted by atomic mass is 10.2. The van der Waals surface area contributed by atoms with Crippen LogP contribution in [0.15, 0.2) is 30.3 Å². The Balaban J connectivity index is 2.58. The second kappa shape index (κ2) is 6.55. The van der Waals surface area contributed by atoms with Crippen molar-refractivity contribution in [2.24, 2.45) is 0 Å². The van der Waals surface area contributed by atoms with Crippen molar-refractivity contribution in [1.29, 1.82) is 0 Å². The van der Waals surface area contributed by atoms with E-state index >= 15 is 0 Å². The predicted molar refractivity (Wildman–Crippen MR) is 75.5 cm³/mol. The van der Waals surface area contributed by atoms with E-state index in [2.05, 4.69) is 61.8 Å². The summed E-state index contributed by atoms with van der Waals surface area (Å²) in [5.41, 5.74) is 3.52. The zero-order chi connectivity index (χ0) is 11.9. The Hall–Kier alpha value is -1.00. The fourth-order valence-electron chi connectivity index (χ4n) is 1.67. The first-order chi connectivity index (χ1) is 7.67. The van der Waals surface area contributed by atoms with Crippen LogP contribution in [0.4, 0.5) is 0 Å². The van der Waals surface area contributed by atoms with E-state index < -0.39 is 8.07 Å². The molecule has 0 heterocycles. The van der Waals surface area contributed by atoms with E-state index in [1.165, 1.54) is 24.4 Å². The van der Waals surface area contributed by atoms with Crippen molar-refractivity contribution in [3.63, 3.8) is 0 Å². The molecular weight excluding hydrogens is 208 g/mol.